The molecule has 1 amide bonds. The van der Waals surface area contributed by atoms with Crippen LogP contribution in [0.2, 0.25) is 5.02 Å². The summed E-state index contributed by atoms with van der Waals surface area (Å²) in [6, 6.07) is 10.9. The number of hydrogen-bond donors (Lipinski definition) is 3. The van der Waals surface area contributed by atoms with Crippen molar-refractivity contribution in [3.8, 4) is 0 Å². The quantitative estimate of drug-likeness (QED) is 0.702. The highest BCUT2D eigenvalue weighted by atomic mass is 35.5. The maximum absolute atomic E-state index is 11.5. The van der Waals surface area contributed by atoms with Crippen molar-refractivity contribution < 1.29 is 9.53 Å². The third-order valence-corrected chi connectivity index (χ3v) is 3.13. The average Bonchev–Trinajstić information content (AvgIpc) is 2.54. The lowest BCUT2D eigenvalue weighted by molar-refractivity contribution is 0.174. The summed E-state index contributed by atoms with van der Waals surface area (Å²) in [7, 11) is 0. The summed E-state index contributed by atoms with van der Waals surface area (Å²) in [5, 5.41) is 6.35. The molecule has 0 atom stereocenters. The van der Waals surface area contributed by atoms with Gasteiger partial charge in [0.25, 0.3) is 0 Å². The molecule has 0 aliphatic heterocycles. The number of hydrogen-bond acceptors (Lipinski definition) is 5. The average molecular weight is 333 g/mol. The number of amides is 1. The van der Waals surface area contributed by atoms with E-state index in [1.165, 1.54) is 6.08 Å². The molecular formula is C16H17ClN4O2. The molecule has 0 saturated heterocycles. The number of anilines is 3. The van der Waals surface area contributed by atoms with Crippen LogP contribution in [0, 0.1) is 0 Å². The van der Waals surface area contributed by atoms with E-state index in [2.05, 4.69) is 22.2 Å². The van der Waals surface area contributed by atoms with Crippen molar-refractivity contribution in [2.45, 2.75) is 6.54 Å². The molecule has 1 aromatic heterocycles. The standard InChI is InChI=1S/C16H17ClN4O2/c1-2-9-23-16(22)20-13-7-8-14(21-15(13)18)19-10-11-3-5-12(17)6-4-11/h2-8H,1,9-10H2,(H,20,22)(H3,18,19,21). The van der Waals surface area contributed by atoms with Crippen molar-refractivity contribution in [1.82, 2.24) is 4.98 Å². The molecule has 0 fully saturated rings. The van der Waals surface area contributed by atoms with Gasteiger partial charge in [-0.05, 0) is 29.8 Å². The number of benzene rings is 1. The van der Waals surface area contributed by atoms with E-state index >= 15 is 0 Å². The molecule has 1 aromatic carbocycles. The summed E-state index contributed by atoms with van der Waals surface area (Å²) in [4.78, 5) is 15.6. The first-order valence-corrected chi connectivity index (χ1v) is 7.26. The lowest BCUT2D eigenvalue weighted by Gasteiger charge is -2.10. The zero-order chi connectivity index (χ0) is 16.7. The Morgan fingerprint density at radius 1 is 1.30 bits per heavy atom. The molecule has 0 bridgehead atoms. The van der Waals surface area contributed by atoms with E-state index in [4.69, 9.17) is 22.1 Å². The van der Waals surface area contributed by atoms with Gasteiger partial charge in [-0.15, -0.1) is 0 Å². The second kappa shape index (κ2) is 8.05. The Balaban J connectivity index is 1.94. The maximum Gasteiger partial charge on any atom is 0.412 e. The molecule has 0 spiro atoms. The molecule has 2 rings (SSSR count). The first kappa shape index (κ1) is 16.6. The monoisotopic (exact) mass is 332 g/mol. The maximum atomic E-state index is 11.5. The van der Waals surface area contributed by atoms with Crippen LogP contribution in [-0.2, 0) is 11.3 Å². The number of aromatic nitrogens is 1. The Bertz CT molecular complexity index is 689. The fraction of sp³-hybridized carbons (Fsp3) is 0.125. The molecular weight excluding hydrogens is 316 g/mol. The summed E-state index contributed by atoms with van der Waals surface area (Å²) < 4.78 is 4.82. The number of carbonyl (C=O) groups excluding carboxylic acids is 1. The van der Waals surface area contributed by atoms with Crippen molar-refractivity contribution in [3.05, 3.63) is 59.6 Å². The first-order chi connectivity index (χ1) is 11.1. The third-order valence-electron chi connectivity index (χ3n) is 2.88. The molecule has 0 saturated carbocycles. The molecule has 0 radical (unpaired) electrons. The highest BCUT2D eigenvalue weighted by Gasteiger charge is 2.07. The highest BCUT2D eigenvalue weighted by molar-refractivity contribution is 6.30. The molecule has 2 aromatic rings. The smallest absolute Gasteiger partial charge is 0.412 e. The van der Waals surface area contributed by atoms with Gasteiger partial charge in [0.1, 0.15) is 18.2 Å². The topological polar surface area (TPSA) is 89.3 Å². The normalized spacial score (nSPS) is 9.96. The summed E-state index contributed by atoms with van der Waals surface area (Å²) in [6.45, 7) is 4.17. The van der Waals surface area contributed by atoms with Gasteiger partial charge in [0.2, 0.25) is 0 Å². The predicted molar refractivity (Wildman–Crippen MR) is 92.6 cm³/mol. The number of rotatable bonds is 6. The van der Waals surface area contributed by atoms with Crippen molar-refractivity contribution in [2.75, 3.05) is 23.0 Å². The summed E-state index contributed by atoms with van der Waals surface area (Å²) in [5.41, 5.74) is 7.27. The van der Waals surface area contributed by atoms with Crippen LogP contribution in [-0.4, -0.2) is 17.7 Å². The van der Waals surface area contributed by atoms with Gasteiger partial charge in [-0.2, -0.15) is 0 Å². The van der Waals surface area contributed by atoms with Gasteiger partial charge in [-0.3, -0.25) is 5.32 Å². The van der Waals surface area contributed by atoms with Crippen LogP contribution in [0.25, 0.3) is 0 Å². The Morgan fingerprint density at radius 2 is 2.04 bits per heavy atom. The van der Waals surface area contributed by atoms with Crippen LogP contribution >= 0.6 is 11.6 Å². The molecule has 120 valence electrons. The SMILES string of the molecule is C=CCOC(=O)Nc1ccc(NCc2ccc(Cl)cc2)nc1N. The fourth-order valence-corrected chi connectivity index (χ4v) is 1.88. The van der Waals surface area contributed by atoms with Crippen molar-refractivity contribution >= 4 is 35.0 Å². The Kier molecular flexibility index (Phi) is 5.82. The predicted octanol–water partition coefficient (Wildman–Crippen LogP) is 3.66. The fourth-order valence-electron chi connectivity index (χ4n) is 1.75. The lowest BCUT2D eigenvalue weighted by Crippen LogP contribution is -2.15. The Hall–Kier alpha value is -2.73. The van der Waals surface area contributed by atoms with Gasteiger partial charge < -0.3 is 15.8 Å². The van der Waals surface area contributed by atoms with Gasteiger partial charge >= 0.3 is 6.09 Å². The molecule has 7 heteroatoms. The summed E-state index contributed by atoms with van der Waals surface area (Å²) in [6.07, 6.45) is 0.866. The second-order valence-electron chi connectivity index (χ2n) is 4.62. The van der Waals surface area contributed by atoms with Crippen molar-refractivity contribution in [1.29, 1.82) is 0 Å². The molecule has 0 unspecified atom stereocenters. The van der Waals surface area contributed by atoms with Crippen LogP contribution < -0.4 is 16.4 Å². The van der Waals surface area contributed by atoms with Crippen LogP contribution in [0.1, 0.15) is 5.56 Å². The van der Waals surface area contributed by atoms with E-state index in [1.54, 1.807) is 12.1 Å². The molecule has 1 heterocycles. The second-order valence-corrected chi connectivity index (χ2v) is 5.06. The lowest BCUT2D eigenvalue weighted by atomic mass is 10.2. The van der Waals surface area contributed by atoms with Gasteiger partial charge in [-0.25, -0.2) is 9.78 Å². The van der Waals surface area contributed by atoms with Gasteiger partial charge in [0, 0.05) is 11.6 Å². The third kappa shape index (κ3) is 5.19. The van der Waals surface area contributed by atoms with Gasteiger partial charge in [0.15, 0.2) is 0 Å². The van der Waals surface area contributed by atoms with E-state index in [-0.39, 0.29) is 12.4 Å². The van der Waals surface area contributed by atoms with Crippen LogP contribution in [0.15, 0.2) is 49.1 Å². The number of carbonyl (C=O) groups is 1. The van der Waals surface area contributed by atoms with Crippen LogP contribution in [0.4, 0.5) is 22.1 Å². The molecule has 0 aliphatic rings. The van der Waals surface area contributed by atoms with E-state index in [9.17, 15) is 4.79 Å². The first-order valence-electron chi connectivity index (χ1n) is 6.88. The van der Waals surface area contributed by atoms with E-state index in [1.807, 2.05) is 24.3 Å². The zero-order valence-corrected chi connectivity index (χ0v) is 13.1. The Labute approximate surface area is 139 Å². The minimum absolute atomic E-state index is 0.125. The summed E-state index contributed by atoms with van der Waals surface area (Å²) in [5.74, 6) is 0.795. The van der Waals surface area contributed by atoms with Gasteiger partial charge in [-0.1, -0.05) is 36.4 Å². The van der Waals surface area contributed by atoms with E-state index in [0.29, 0.717) is 23.1 Å². The Morgan fingerprint density at radius 3 is 2.70 bits per heavy atom. The number of ether oxygens (including phenoxy) is 1. The minimum atomic E-state index is -0.611. The molecule has 6 nitrogen and oxygen atoms in total. The number of nitrogens with two attached hydrogens (primary N) is 1. The van der Waals surface area contributed by atoms with Gasteiger partial charge in [0.05, 0.1) is 5.69 Å². The number of pyridine rings is 1. The number of nitrogens with zero attached hydrogens (tertiary/aromatic N) is 1. The van der Waals surface area contributed by atoms with E-state index < -0.39 is 6.09 Å². The highest BCUT2D eigenvalue weighted by Crippen LogP contribution is 2.19. The van der Waals surface area contributed by atoms with E-state index in [0.717, 1.165) is 5.56 Å². The van der Waals surface area contributed by atoms with Crippen molar-refractivity contribution in [2.24, 2.45) is 0 Å². The number of halogens is 1. The largest absolute Gasteiger partial charge is 0.445 e. The molecule has 0 aliphatic carbocycles. The number of nitrogen functional groups attached to an aromatic ring is 1. The molecule has 23 heavy (non-hydrogen) atoms. The zero-order valence-electron chi connectivity index (χ0n) is 12.4. The summed E-state index contributed by atoms with van der Waals surface area (Å²) >= 11 is 5.84. The number of nitrogens with one attached hydrogen (secondary N) is 2. The van der Waals surface area contributed by atoms with Crippen LogP contribution in [0.3, 0.4) is 0 Å². The van der Waals surface area contributed by atoms with Crippen LogP contribution in [0.5, 0.6) is 0 Å². The van der Waals surface area contributed by atoms with Crippen molar-refractivity contribution in [3.63, 3.8) is 0 Å². The molecule has 4 N–H and O–H groups in total. The minimum Gasteiger partial charge on any atom is -0.445 e.